The number of amides is 1. The summed E-state index contributed by atoms with van der Waals surface area (Å²) in [6.07, 6.45) is 0. The topological polar surface area (TPSA) is 83.5 Å². The SMILES string of the molecule is O=C(Nc1cc(I)cc(I)c1)C(F)(F)S(=O)(=O)O. The van der Waals surface area contributed by atoms with E-state index in [9.17, 15) is 22.0 Å². The monoisotopic (exact) mass is 503 g/mol. The molecule has 0 radical (unpaired) electrons. The zero-order valence-electron chi connectivity index (χ0n) is 8.32. The number of rotatable bonds is 3. The standard InChI is InChI=1S/C8H5F2I2NO4S/c9-8(10,18(15,16)17)7(14)13-6-2-4(11)1-5(12)3-6/h1-3H,(H,13,14)(H,15,16,17). The van der Waals surface area contributed by atoms with Crippen molar-refractivity contribution in [3.05, 3.63) is 25.3 Å². The second-order valence-corrected chi connectivity index (χ2v) is 7.06. The van der Waals surface area contributed by atoms with Crippen LogP contribution in [0.25, 0.3) is 0 Å². The molecule has 0 aliphatic carbocycles. The first-order valence-corrected chi connectivity index (χ1v) is 7.76. The fourth-order valence-electron chi connectivity index (χ4n) is 0.947. The van der Waals surface area contributed by atoms with Crippen molar-refractivity contribution in [1.29, 1.82) is 0 Å². The van der Waals surface area contributed by atoms with Gasteiger partial charge < -0.3 is 5.32 Å². The minimum atomic E-state index is -5.79. The van der Waals surface area contributed by atoms with Crippen molar-refractivity contribution in [2.45, 2.75) is 5.25 Å². The van der Waals surface area contributed by atoms with Gasteiger partial charge in [0.2, 0.25) is 0 Å². The lowest BCUT2D eigenvalue weighted by atomic mass is 10.3. The van der Waals surface area contributed by atoms with E-state index in [0.717, 1.165) is 0 Å². The van der Waals surface area contributed by atoms with E-state index >= 15 is 0 Å². The Kier molecular flexibility index (Phi) is 4.88. The van der Waals surface area contributed by atoms with Gasteiger partial charge >= 0.3 is 21.3 Å². The van der Waals surface area contributed by atoms with Crippen molar-refractivity contribution >= 4 is 66.9 Å². The second-order valence-electron chi connectivity index (χ2n) is 3.10. The Morgan fingerprint density at radius 3 is 2.06 bits per heavy atom. The molecule has 1 amide bonds. The fraction of sp³-hybridized carbons (Fsp3) is 0.125. The molecular weight excluding hydrogens is 498 g/mol. The molecular formula is C8H5F2I2NO4S. The van der Waals surface area contributed by atoms with E-state index in [4.69, 9.17) is 4.55 Å². The second kappa shape index (κ2) is 5.50. The number of alkyl halides is 2. The number of benzene rings is 1. The van der Waals surface area contributed by atoms with Crippen LogP contribution in [0.5, 0.6) is 0 Å². The van der Waals surface area contributed by atoms with Gasteiger partial charge in [0.1, 0.15) is 0 Å². The van der Waals surface area contributed by atoms with Crippen LogP contribution in [0.4, 0.5) is 14.5 Å². The molecule has 1 rings (SSSR count). The van der Waals surface area contributed by atoms with Crippen LogP contribution in [0.15, 0.2) is 18.2 Å². The summed E-state index contributed by atoms with van der Waals surface area (Å²) in [5.74, 6) is -2.11. The fourth-order valence-corrected chi connectivity index (χ4v) is 3.17. The highest BCUT2D eigenvalue weighted by Gasteiger charge is 2.52. The van der Waals surface area contributed by atoms with Gasteiger partial charge in [-0.05, 0) is 63.4 Å². The van der Waals surface area contributed by atoms with Crippen LogP contribution in [0.3, 0.4) is 0 Å². The van der Waals surface area contributed by atoms with Crippen LogP contribution in [-0.2, 0) is 14.9 Å². The Balaban J connectivity index is 3.02. The molecule has 0 atom stereocenters. The molecule has 1 aromatic rings. The number of nitrogens with one attached hydrogen (secondary N) is 1. The first-order chi connectivity index (χ1) is 8.04. The van der Waals surface area contributed by atoms with Gasteiger partial charge in [0, 0.05) is 12.8 Å². The molecule has 18 heavy (non-hydrogen) atoms. The van der Waals surface area contributed by atoms with Crippen LogP contribution in [0.2, 0.25) is 0 Å². The highest BCUT2D eigenvalue weighted by molar-refractivity contribution is 14.1. The maximum Gasteiger partial charge on any atom is 0.446 e. The van der Waals surface area contributed by atoms with Crippen molar-refractivity contribution in [2.24, 2.45) is 0 Å². The molecule has 0 heterocycles. The molecule has 1 aromatic carbocycles. The lowest BCUT2D eigenvalue weighted by molar-refractivity contribution is -0.130. The highest BCUT2D eigenvalue weighted by Crippen LogP contribution is 2.24. The molecule has 0 spiro atoms. The van der Waals surface area contributed by atoms with Crippen LogP contribution in [-0.4, -0.2) is 24.1 Å². The van der Waals surface area contributed by atoms with Crippen LogP contribution in [0.1, 0.15) is 0 Å². The van der Waals surface area contributed by atoms with Crippen molar-refractivity contribution in [3.8, 4) is 0 Å². The summed E-state index contributed by atoms with van der Waals surface area (Å²) in [4.78, 5) is 11.1. The molecule has 2 N–H and O–H groups in total. The molecule has 0 aliphatic rings. The molecule has 0 saturated carbocycles. The summed E-state index contributed by atoms with van der Waals surface area (Å²) in [7, 11) is -5.79. The molecule has 0 unspecified atom stereocenters. The molecule has 0 aromatic heterocycles. The van der Waals surface area contributed by atoms with E-state index in [1.807, 2.05) is 45.2 Å². The molecule has 5 nitrogen and oxygen atoms in total. The Bertz CT molecular complexity index is 571. The van der Waals surface area contributed by atoms with E-state index in [1.54, 1.807) is 11.4 Å². The molecule has 0 saturated heterocycles. The largest absolute Gasteiger partial charge is 0.446 e. The Hall–Kier alpha value is -0.0800. The predicted octanol–water partition coefficient (Wildman–Crippen LogP) is 2.31. The summed E-state index contributed by atoms with van der Waals surface area (Å²) in [6, 6.07) is 4.47. The lowest BCUT2D eigenvalue weighted by Gasteiger charge is -2.13. The zero-order chi connectivity index (χ0) is 14.1. The number of hydrogen-bond acceptors (Lipinski definition) is 3. The summed E-state index contributed by atoms with van der Waals surface area (Å²) in [5, 5.41) is -3.16. The lowest BCUT2D eigenvalue weighted by Crippen LogP contribution is -2.41. The molecule has 100 valence electrons. The molecule has 10 heteroatoms. The Morgan fingerprint density at radius 1 is 1.22 bits per heavy atom. The normalized spacial score (nSPS) is 12.3. The minimum Gasteiger partial charge on any atom is -0.320 e. The van der Waals surface area contributed by atoms with E-state index in [0.29, 0.717) is 7.14 Å². The summed E-state index contributed by atoms with van der Waals surface area (Å²) in [6.45, 7) is 0. The number of hydrogen-bond donors (Lipinski definition) is 2. The maximum absolute atomic E-state index is 13.0. The summed E-state index contributed by atoms with van der Waals surface area (Å²) in [5.41, 5.74) is 0.0135. The van der Waals surface area contributed by atoms with E-state index in [1.165, 1.54) is 12.1 Å². The third kappa shape index (κ3) is 3.71. The van der Waals surface area contributed by atoms with Crippen LogP contribution < -0.4 is 5.32 Å². The smallest absolute Gasteiger partial charge is 0.320 e. The van der Waals surface area contributed by atoms with Crippen LogP contribution >= 0.6 is 45.2 Å². The van der Waals surface area contributed by atoms with Gasteiger partial charge in [0.25, 0.3) is 0 Å². The van der Waals surface area contributed by atoms with Gasteiger partial charge in [-0.25, -0.2) is 0 Å². The Morgan fingerprint density at radius 2 is 1.67 bits per heavy atom. The first-order valence-electron chi connectivity index (χ1n) is 4.16. The van der Waals surface area contributed by atoms with Crippen molar-refractivity contribution in [2.75, 3.05) is 5.32 Å². The van der Waals surface area contributed by atoms with E-state index < -0.39 is 21.3 Å². The van der Waals surface area contributed by atoms with Gasteiger partial charge in [0.15, 0.2) is 0 Å². The molecule has 0 fully saturated rings. The summed E-state index contributed by atoms with van der Waals surface area (Å²) < 4.78 is 56.2. The van der Waals surface area contributed by atoms with Crippen molar-refractivity contribution in [3.63, 3.8) is 0 Å². The predicted molar refractivity (Wildman–Crippen MR) is 77.0 cm³/mol. The van der Waals surface area contributed by atoms with Gasteiger partial charge in [-0.15, -0.1) is 0 Å². The minimum absolute atomic E-state index is 0.0135. The highest BCUT2D eigenvalue weighted by atomic mass is 127. The molecule has 0 aliphatic heterocycles. The third-order valence-electron chi connectivity index (χ3n) is 1.71. The number of carbonyl (C=O) groups excluding carboxylic acids is 1. The number of anilines is 1. The molecule has 0 bridgehead atoms. The van der Waals surface area contributed by atoms with E-state index in [-0.39, 0.29) is 5.69 Å². The first kappa shape index (κ1) is 16.0. The maximum atomic E-state index is 13.0. The third-order valence-corrected chi connectivity index (χ3v) is 3.79. The van der Waals surface area contributed by atoms with Crippen molar-refractivity contribution in [1.82, 2.24) is 0 Å². The number of halogens is 4. The average molecular weight is 503 g/mol. The van der Waals surface area contributed by atoms with E-state index in [2.05, 4.69) is 0 Å². The van der Waals surface area contributed by atoms with Gasteiger partial charge in [-0.3, -0.25) is 9.35 Å². The Labute approximate surface area is 128 Å². The van der Waals surface area contributed by atoms with Gasteiger partial charge in [-0.2, -0.15) is 17.2 Å². The summed E-state index contributed by atoms with van der Waals surface area (Å²) >= 11 is 3.81. The van der Waals surface area contributed by atoms with Crippen molar-refractivity contribution < 1.29 is 26.5 Å². The van der Waals surface area contributed by atoms with Gasteiger partial charge in [0.05, 0.1) is 0 Å². The number of carbonyl (C=O) groups is 1. The average Bonchev–Trinajstić information content (AvgIpc) is 2.13. The van der Waals surface area contributed by atoms with Gasteiger partial charge in [-0.1, -0.05) is 0 Å². The zero-order valence-corrected chi connectivity index (χ0v) is 13.5. The van der Waals surface area contributed by atoms with Crippen LogP contribution in [0, 0.1) is 7.14 Å². The quantitative estimate of drug-likeness (QED) is 0.491.